The molecule has 2 aliphatic heterocycles. The van der Waals surface area contributed by atoms with Gasteiger partial charge in [0.25, 0.3) is 5.91 Å². The molecule has 176 valence electrons. The highest BCUT2D eigenvalue weighted by Crippen LogP contribution is 2.33. The zero-order chi connectivity index (χ0) is 24.0. The number of nitrogens with one attached hydrogen (secondary N) is 1. The standard InChI is InChI=1S/C25H28ClN7O/c1-14-7-15(2)23(28-9-14)18-8-22(27-11-20(18)26)33-6-5-21-19(24(33)34)10-29-25(31-21)32-12-16(3)30-17(4)13-32/h7-11,16-17,30H,5-6,12-13H2,1-4H3. The fraction of sp³-hybridized carbons (Fsp3) is 0.400. The monoisotopic (exact) mass is 477 g/mol. The summed E-state index contributed by atoms with van der Waals surface area (Å²) in [6.45, 7) is 10.5. The molecular weight excluding hydrogens is 450 g/mol. The van der Waals surface area contributed by atoms with Crippen LogP contribution in [0.5, 0.6) is 0 Å². The Balaban J connectivity index is 1.43. The van der Waals surface area contributed by atoms with Gasteiger partial charge in [-0.05, 0) is 44.9 Å². The first kappa shape index (κ1) is 22.7. The highest BCUT2D eigenvalue weighted by atomic mass is 35.5. The molecule has 8 nitrogen and oxygen atoms in total. The number of carbonyl (C=O) groups is 1. The Kier molecular flexibility index (Phi) is 5.95. The van der Waals surface area contributed by atoms with Crippen molar-refractivity contribution in [2.45, 2.75) is 46.2 Å². The molecule has 1 N–H and O–H groups in total. The molecule has 3 aromatic rings. The van der Waals surface area contributed by atoms with Crippen molar-refractivity contribution in [3.8, 4) is 11.3 Å². The predicted molar refractivity (Wildman–Crippen MR) is 134 cm³/mol. The van der Waals surface area contributed by atoms with Gasteiger partial charge in [0.2, 0.25) is 5.95 Å². The number of hydrogen-bond acceptors (Lipinski definition) is 7. The van der Waals surface area contributed by atoms with Crippen LogP contribution in [0.1, 0.15) is 41.0 Å². The molecule has 5 heterocycles. The van der Waals surface area contributed by atoms with Gasteiger partial charge < -0.3 is 10.2 Å². The second-order valence-electron chi connectivity index (χ2n) is 9.31. The summed E-state index contributed by atoms with van der Waals surface area (Å²) in [7, 11) is 0. The van der Waals surface area contributed by atoms with Crippen molar-refractivity contribution >= 4 is 29.3 Å². The van der Waals surface area contributed by atoms with Crippen LogP contribution in [0.2, 0.25) is 5.02 Å². The molecule has 0 saturated carbocycles. The first-order valence-electron chi connectivity index (χ1n) is 11.6. The Morgan fingerprint density at radius 1 is 1.00 bits per heavy atom. The lowest BCUT2D eigenvalue weighted by atomic mass is 10.0. The van der Waals surface area contributed by atoms with Crippen LogP contribution in [0.25, 0.3) is 11.3 Å². The zero-order valence-electron chi connectivity index (χ0n) is 19.8. The van der Waals surface area contributed by atoms with Crippen molar-refractivity contribution in [3.63, 3.8) is 0 Å². The summed E-state index contributed by atoms with van der Waals surface area (Å²) < 4.78 is 0. The third-order valence-corrected chi connectivity index (χ3v) is 6.63. The number of carbonyl (C=O) groups excluding carboxylic acids is 1. The fourth-order valence-electron chi connectivity index (χ4n) is 4.86. The normalized spacial score (nSPS) is 20.4. The maximum absolute atomic E-state index is 13.4. The molecule has 1 amide bonds. The predicted octanol–water partition coefficient (Wildman–Crippen LogP) is 3.59. The summed E-state index contributed by atoms with van der Waals surface area (Å²) in [6.07, 6.45) is 5.69. The van der Waals surface area contributed by atoms with Crippen molar-refractivity contribution in [1.82, 2.24) is 25.3 Å². The number of halogens is 1. The van der Waals surface area contributed by atoms with Crippen molar-refractivity contribution in [3.05, 3.63) is 58.1 Å². The maximum atomic E-state index is 13.4. The van der Waals surface area contributed by atoms with E-state index in [9.17, 15) is 4.79 Å². The van der Waals surface area contributed by atoms with Gasteiger partial charge >= 0.3 is 0 Å². The molecule has 34 heavy (non-hydrogen) atoms. The van der Waals surface area contributed by atoms with E-state index in [-0.39, 0.29) is 5.91 Å². The summed E-state index contributed by atoms with van der Waals surface area (Å²) in [6, 6.07) is 4.62. The molecule has 0 aliphatic carbocycles. The number of aromatic nitrogens is 4. The Hall–Kier alpha value is -3.10. The summed E-state index contributed by atoms with van der Waals surface area (Å²) in [5.41, 5.74) is 4.96. The molecular formula is C25H28ClN7O. The van der Waals surface area contributed by atoms with Crippen LogP contribution in [-0.4, -0.2) is 57.6 Å². The number of anilines is 2. The number of nitrogens with zero attached hydrogens (tertiary/aromatic N) is 6. The first-order chi connectivity index (χ1) is 16.3. The van der Waals surface area contributed by atoms with Crippen LogP contribution in [0, 0.1) is 13.8 Å². The number of fused-ring (bicyclic) bond motifs is 1. The SMILES string of the molecule is Cc1cnc(-c2cc(N3CCc4nc(N5CC(C)NC(C)C5)ncc4C3=O)ncc2Cl)c(C)c1. The number of piperazine rings is 1. The van der Waals surface area contributed by atoms with Gasteiger partial charge in [-0.2, -0.15) is 0 Å². The molecule has 0 bridgehead atoms. The first-order valence-corrected chi connectivity index (χ1v) is 12.0. The smallest absolute Gasteiger partial charge is 0.262 e. The lowest BCUT2D eigenvalue weighted by Gasteiger charge is -2.36. The topological polar surface area (TPSA) is 87.1 Å². The van der Waals surface area contributed by atoms with Gasteiger partial charge in [0.05, 0.1) is 22.0 Å². The van der Waals surface area contributed by atoms with E-state index in [0.29, 0.717) is 47.4 Å². The number of aryl methyl sites for hydroxylation is 2. The molecule has 9 heteroatoms. The molecule has 1 fully saturated rings. The van der Waals surface area contributed by atoms with Gasteiger partial charge in [0.15, 0.2) is 0 Å². The molecule has 2 unspecified atom stereocenters. The minimum Gasteiger partial charge on any atom is -0.338 e. The maximum Gasteiger partial charge on any atom is 0.262 e. The zero-order valence-corrected chi connectivity index (χ0v) is 20.6. The minimum absolute atomic E-state index is 0.149. The van der Waals surface area contributed by atoms with Gasteiger partial charge in [0, 0.05) is 62.3 Å². The molecule has 2 aliphatic rings. The third kappa shape index (κ3) is 4.23. The van der Waals surface area contributed by atoms with Crippen LogP contribution < -0.4 is 15.1 Å². The van der Waals surface area contributed by atoms with E-state index < -0.39 is 0 Å². The van der Waals surface area contributed by atoms with E-state index in [1.165, 1.54) is 0 Å². The van der Waals surface area contributed by atoms with Crippen LogP contribution in [0.3, 0.4) is 0 Å². The number of pyridine rings is 2. The average Bonchev–Trinajstić information content (AvgIpc) is 2.79. The van der Waals surface area contributed by atoms with E-state index in [0.717, 1.165) is 41.2 Å². The summed E-state index contributed by atoms with van der Waals surface area (Å²) in [5, 5.41) is 4.02. The summed E-state index contributed by atoms with van der Waals surface area (Å²) >= 11 is 6.48. The van der Waals surface area contributed by atoms with Gasteiger partial charge in [-0.15, -0.1) is 0 Å². The van der Waals surface area contributed by atoms with E-state index in [1.54, 1.807) is 17.3 Å². The van der Waals surface area contributed by atoms with Gasteiger partial charge in [-0.1, -0.05) is 17.7 Å². The van der Waals surface area contributed by atoms with Crippen LogP contribution in [-0.2, 0) is 6.42 Å². The Bertz CT molecular complexity index is 1250. The second-order valence-corrected chi connectivity index (χ2v) is 9.72. The summed E-state index contributed by atoms with van der Waals surface area (Å²) in [4.78, 5) is 35.6. The van der Waals surface area contributed by atoms with E-state index in [4.69, 9.17) is 16.6 Å². The molecule has 2 atom stereocenters. The van der Waals surface area contributed by atoms with Crippen LogP contribution >= 0.6 is 11.6 Å². The van der Waals surface area contributed by atoms with Gasteiger partial charge in [0.1, 0.15) is 5.82 Å². The van der Waals surface area contributed by atoms with Crippen molar-refractivity contribution < 1.29 is 4.79 Å². The minimum atomic E-state index is -0.149. The van der Waals surface area contributed by atoms with E-state index in [1.807, 2.05) is 26.1 Å². The Morgan fingerprint density at radius 2 is 1.76 bits per heavy atom. The largest absolute Gasteiger partial charge is 0.338 e. The van der Waals surface area contributed by atoms with Gasteiger partial charge in [-0.3, -0.25) is 14.7 Å². The van der Waals surface area contributed by atoms with E-state index >= 15 is 0 Å². The molecule has 0 radical (unpaired) electrons. The van der Waals surface area contributed by atoms with Gasteiger partial charge in [-0.25, -0.2) is 15.0 Å². The lowest BCUT2D eigenvalue weighted by Crippen LogP contribution is -2.54. The number of amides is 1. The quantitative estimate of drug-likeness (QED) is 0.616. The molecule has 0 spiro atoms. The number of rotatable bonds is 3. The lowest BCUT2D eigenvalue weighted by molar-refractivity contribution is 0.0978. The van der Waals surface area contributed by atoms with Crippen molar-refractivity contribution in [2.24, 2.45) is 0 Å². The second kappa shape index (κ2) is 8.92. The highest BCUT2D eigenvalue weighted by molar-refractivity contribution is 6.33. The third-order valence-electron chi connectivity index (χ3n) is 6.33. The molecule has 3 aromatic heterocycles. The molecule has 5 rings (SSSR count). The summed E-state index contributed by atoms with van der Waals surface area (Å²) in [5.74, 6) is 1.09. The average molecular weight is 478 g/mol. The Morgan fingerprint density at radius 3 is 2.50 bits per heavy atom. The van der Waals surface area contributed by atoms with Crippen molar-refractivity contribution in [1.29, 1.82) is 0 Å². The van der Waals surface area contributed by atoms with Crippen LogP contribution in [0.4, 0.5) is 11.8 Å². The van der Waals surface area contributed by atoms with E-state index in [2.05, 4.69) is 45.1 Å². The molecule has 1 saturated heterocycles. The fourth-order valence-corrected chi connectivity index (χ4v) is 5.05. The Labute approximate surface area is 204 Å². The number of hydrogen-bond donors (Lipinski definition) is 1. The highest BCUT2D eigenvalue weighted by Gasteiger charge is 2.30. The molecule has 0 aromatic carbocycles. The van der Waals surface area contributed by atoms with Crippen molar-refractivity contribution in [2.75, 3.05) is 29.4 Å². The van der Waals surface area contributed by atoms with Crippen LogP contribution in [0.15, 0.2) is 30.7 Å².